The Hall–Kier alpha value is -4.01. The Morgan fingerprint density at radius 1 is 1.11 bits per heavy atom. The van der Waals surface area contributed by atoms with Gasteiger partial charge in [0.25, 0.3) is 0 Å². The van der Waals surface area contributed by atoms with Gasteiger partial charge in [0.1, 0.15) is 23.4 Å². The van der Waals surface area contributed by atoms with Gasteiger partial charge in [0.05, 0.1) is 20.1 Å². The highest BCUT2D eigenvalue weighted by atomic mass is 16.5. The second-order valence-electron chi connectivity index (χ2n) is 9.07. The van der Waals surface area contributed by atoms with Gasteiger partial charge in [-0.25, -0.2) is 9.78 Å². The number of rotatable bonds is 7. The maximum atomic E-state index is 13.5. The van der Waals surface area contributed by atoms with E-state index in [4.69, 9.17) is 9.47 Å². The van der Waals surface area contributed by atoms with Crippen LogP contribution in [-0.2, 0) is 11.8 Å². The lowest BCUT2D eigenvalue weighted by Crippen LogP contribution is -2.47. The monoisotopic (exact) mass is 491 g/mol. The largest absolute Gasteiger partial charge is 0.497 e. The molecule has 1 fully saturated rings. The van der Waals surface area contributed by atoms with Crippen LogP contribution in [-0.4, -0.2) is 53.7 Å². The number of nitrogens with one attached hydrogen (secondary N) is 2. The Morgan fingerprint density at radius 2 is 1.86 bits per heavy atom. The number of hydrogen-bond acceptors (Lipinski definition) is 5. The molecule has 2 unspecified atom stereocenters. The molecule has 1 aliphatic heterocycles. The summed E-state index contributed by atoms with van der Waals surface area (Å²) < 4.78 is 12.8. The number of ether oxygens (including phenoxy) is 2. The summed E-state index contributed by atoms with van der Waals surface area (Å²) in [5, 5.41) is 6.12. The van der Waals surface area contributed by atoms with E-state index in [1.807, 2.05) is 61.1 Å². The molecule has 0 radical (unpaired) electrons. The molecule has 1 aromatic heterocycles. The van der Waals surface area contributed by atoms with Gasteiger partial charge in [-0.2, -0.15) is 0 Å². The minimum absolute atomic E-state index is 0.127. The number of imidazole rings is 1. The maximum absolute atomic E-state index is 13.5. The summed E-state index contributed by atoms with van der Waals surface area (Å²) in [5.74, 6) is 1.46. The van der Waals surface area contributed by atoms with Crippen LogP contribution >= 0.6 is 0 Å². The van der Waals surface area contributed by atoms with Crippen LogP contribution in [0.25, 0.3) is 0 Å². The van der Waals surface area contributed by atoms with Crippen molar-refractivity contribution < 1.29 is 19.1 Å². The number of aryl methyl sites for hydroxylation is 2. The standard InChI is InChI=1S/C27H33N5O4/c1-18-7-5-9-21(13-18)29-27(34)32-11-6-8-19(17-32)26(33)30-24(25-28-10-12-31(25)2)20-14-22(35-3)16-23(15-20)36-4/h5,7,9-10,12-16,19,24H,6,8,11,17H2,1-4H3,(H,29,34)(H,30,33). The smallest absolute Gasteiger partial charge is 0.321 e. The molecule has 3 amide bonds. The van der Waals surface area contributed by atoms with Crippen LogP contribution in [0.3, 0.4) is 0 Å². The average Bonchev–Trinajstić information content (AvgIpc) is 3.32. The molecule has 4 rings (SSSR count). The number of benzene rings is 2. The van der Waals surface area contributed by atoms with Crippen LogP contribution in [0, 0.1) is 12.8 Å². The second-order valence-corrected chi connectivity index (χ2v) is 9.07. The van der Waals surface area contributed by atoms with Gasteiger partial charge in [-0.3, -0.25) is 4.79 Å². The lowest BCUT2D eigenvalue weighted by Gasteiger charge is -2.33. The summed E-state index contributed by atoms with van der Waals surface area (Å²) in [6.07, 6.45) is 4.99. The van der Waals surface area contributed by atoms with Crippen molar-refractivity contribution in [1.29, 1.82) is 0 Å². The van der Waals surface area contributed by atoms with Gasteiger partial charge in [-0.15, -0.1) is 0 Å². The molecule has 3 aromatic rings. The lowest BCUT2D eigenvalue weighted by atomic mass is 9.96. The summed E-state index contributed by atoms with van der Waals surface area (Å²) in [4.78, 5) is 32.6. The number of carbonyl (C=O) groups is 2. The Morgan fingerprint density at radius 3 is 2.50 bits per heavy atom. The van der Waals surface area contributed by atoms with E-state index in [0.29, 0.717) is 36.8 Å². The molecular weight excluding hydrogens is 458 g/mol. The summed E-state index contributed by atoms with van der Waals surface area (Å²) in [7, 11) is 5.06. The number of likely N-dealkylation sites (tertiary alicyclic amines) is 1. The maximum Gasteiger partial charge on any atom is 0.321 e. The van der Waals surface area contributed by atoms with Crippen molar-refractivity contribution in [2.45, 2.75) is 25.8 Å². The molecule has 0 aliphatic carbocycles. The fourth-order valence-corrected chi connectivity index (χ4v) is 4.51. The number of methoxy groups -OCH3 is 2. The SMILES string of the molecule is COc1cc(OC)cc(C(NC(=O)C2CCCN(C(=O)Nc3cccc(C)c3)C2)c2nccn2C)c1. The van der Waals surface area contributed by atoms with Crippen LogP contribution in [0.1, 0.15) is 35.8 Å². The van der Waals surface area contributed by atoms with Crippen molar-refractivity contribution in [2.75, 3.05) is 32.6 Å². The first-order valence-corrected chi connectivity index (χ1v) is 12.0. The predicted octanol–water partition coefficient (Wildman–Crippen LogP) is 3.90. The van der Waals surface area contributed by atoms with E-state index in [1.54, 1.807) is 31.4 Å². The minimum atomic E-state index is -0.516. The van der Waals surface area contributed by atoms with Gasteiger partial charge in [-0.05, 0) is 55.2 Å². The molecule has 1 aliphatic rings. The molecule has 2 aromatic carbocycles. The van der Waals surface area contributed by atoms with Gasteiger partial charge in [0, 0.05) is 44.3 Å². The van der Waals surface area contributed by atoms with Gasteiger partial charge in [-0.1, -0.05) is 12.1 Å². The van der Waals surface area contributed by atoms with Crippen LogP contribution < -0.4 is 20.1 Å². The molecule has 190 valence electrons. The van der Waals surface area contributed by atoms with Crippen molar-refractivity contribution in [3.05, 3.63) is 71.8 Å². The zero-order chi connectivity index (χ0) is 25.7. The summed E-state index contributed by atoms with van der Waals surface area (Å²) in [5.41, 5.74) is 2.60. The highest BCUT2D eigenvalue weighted by Gasteiger charge is 2.31. The quantitative estimate of drug-likeness (QED) is 0.523. The Balaban J connectivity index is 1.51. The third kappa shape index (κ3) is 5.79. The van der Waals surface area contributed by atoms with E-state index in [2.05, 4.69) is 15.6 Å². The summed E-state index contributed by atoms with van der Waals surface area (Å²) >= 11 is 0. The van der Waals surface area contributed by atoms with E-state index in [0.717, 1.165) is 23.2 Å². The Kier molecular flexibility index (Phi) is 7.77. The topological polar surface area (TPSA) is 97.7 Å². The van der Waals surface area contributed by atoms with Crippen molar-refractivity contribution >= 4 is 17.6 Å². The van der Waals surface area contributed by atoms with Crippen LogP contribution in [0.4, 0.5) is 10.5 Å². The van der Waals surface area contributed by atoms with E-state index in [9.17, 15) is 9.59 Å². The molecular formula is C27H33N5O4. The fourth-order valence-electron chi connectivity index (χ4n) is 4.51. The molecule has 9 heteroatoms. The first-order valence-electron chi connectivity index (χ1n) is 12.0. The molecule has 0 bridgehead atoms. The normalized spacial score (nSPS) is 16.2. The molecule has 2 atom stereocenters. The lowest BCUT2D eigenvalue weighted by molar-refractivity contribution is -0.126. The number of urea groups is 1. The Bertz CT molecular complexity index is 1200. The highest BCUT2D eigenvalue weighted by Crippen LogP contribution is 2.30. The first-order chi connectivity index (χ1) is 17.4. The third-order valence-corrected chi connectivity index (χ3v) is 6.46. The number of piperidine rings is 1. The van der Waals surface area contributed by atoms with Crippen LogP contribution in [0.15, 0.2) is 54.9 Å². The average molecular weight is 492 g/mol. The number of carbonyl (C=O) groups excluding carboxylic acids is 2. The van der Waals surface area contributed by atoms with E-state index in [-0.39, 0.29) is 17.9 Å². The Labute approximate surface area is 211 Å². The second kappa shape index (κ2) is 11.2. The van der Waals surface area contributed by atoms with Gasteiger partial charge in [0.2, 0.25) is 5.91 Å². The zero-order valence-electron chi connectivity index (χ0n) is 21.2. The molecule has 0 saturated carbocycles. The predicted molar refractivity (Wildman–Crippen MR) is 137 cm³/mol. The van der Waals surface area contributed by atoms with Gasteiger partial charge < -0.3 is 29.6 Å². The van der Waals surface area contributed by atoms with Crippen molar-refractivity contribution in [3.8, 4) is 11.5 Å². The highest BCUT2D eigenvalue weighted by molar-refractivity contribution is 5.90. The third-order valence-electron chi connectivity index (χ3n) is 6.46. The molecule has 2 N–H and O–H groups in total. The molecule has 9 nitrogen and oxygen atoms in total. The van der Waals surface area contributed by atoms with E-state index >= 15 is 0 Å². The van der Waals surface area contributed by atoms with Crippen LogP contribution in [0.2, 0.25) is 0 Å². The number of amides is 3. The van der Waals surface area contributed by atoms with Crippen LogP contribution in [0.5, 0.6) is 11.5 Å². The van der Waals surface area contributed by atoms with Crippen molar-refractivity contribution in [3.63, 3.8) is 0 Å². The molecule has 2 heterocycles. The first kappa shape index (κ1) is 25.1. The van der Waals surface area contributed by atoms with Gasteiger partial charge >= 0.3 is 6.03 Å². The van der Waals surface area contributed by atoms with E-state index in [1.165, 1.54) is 0 Å². The number of anilines is 1. The number of aromatic nitrogens is 2. The fraction of sp³-hybridized carbons (Fsp3) is 0.370. The number of nitrogens with zero attached hydrogens (tertiary/aromatic N) is 3. The summed E-state index contributed by atoms with van der Waals surface area (Å²) in [6.45, 7) is 2.93. The van der Waals surface area contributed by atoms with Crippen molar-refractivity contribution in [1.82, 2.24) is 19.8 Å². The van der Waals surface area contributed by atoms with E-state index < -0.39 is 6.04 Å². The van der Waals surface area contributed by atoms with Crippen molar-refractivity contribution in [2.24, 2.45) is 13.0 Å². The molecule has 36 heavy (non-hydrogen) atoms. The summed E-state index contributed by atoms with van der Waals surface area (Å²) in [6, 6.07) is 12.5. The minimum Gasteiger partial charge on any atom is -0.497 e. The van der Waals surface area contributed by atoms with Gasteiger partial charge in [0.15, 0.2) is 0 Å². The number of hydrogen-bond donors (Lipinski definition) is 2. The zero-order valence-corrected chi connectivity index (χ0v) is 21.2. The molecule has 1 saturated heterocycles. The molecule has 0 spiro atoms.